The van der Waals surface area contributed by atoms with Gasteiger partial charge in [-0.3, -0.25) is 0 Å². The molecule has 4 aromatic rings. The Kier molecular flexibility index (Phi) is 4.63. The molecule has 126 valence electrons. The van der Waals surface area contributed by atoms with Gasteiger partial charge in [-0.2, -0.15) is 0 Å². The van der Waals surface area contributed by atoms with E-state index >= 15 is 0 Å². The van der Waals surface area contributed by atoms with E-state index in [0.717, 1.165) is 45.0 Å². The fraction of sp³-hybridized carbons (Fsp3) is 0.100. The van der Waals surface area contributed by atoms with Crippen LogP contribution >= 0.6 is 11.6 Å². The van der Waals surface area contributed by atoms with E-state index in [9.17, 15) is 0 Å². The highest BCUT2D eigenvalue weighted by Gasteiger charge is 2.06. The van der Waals surface area contributed by atoms with Crippen LogP contribution in [0, 0.1) is 0 Å². The van der Waals surface area contributed by atoms with Gasteiger partial charge in [-0.15, -0.1) is 0 Å². The lowest BCUT2D eigenvalue weighted by Gasteiger charge is -2.07. The van der Waals surface area contributed by atoms with Gasteiger partial charge in [0.25, 0.3) is 0 Å². The SMILES string of the molecule is [B]c1cnc2[nH]cc(Cc3ccc(NCc4ccc(Cl)cc4)nc3)c2c1. The summed E-state index contributed by atoms with van der Waals surface area (Å²) in [4.78, 5) is 12.0. The molecule has 2 N–H and O–H groups in total. The summed E-state index contributed by atoms with van der Waals surface area (Å²) in [5.74, 6) is 0.841. The first kappa shape index (κ1) is 16.7. The van der Waals surface area contributed by atoms with Gasteiger partial charge >= 0.3 is 0 Å². The molecule has 0 fully saturated rings. The Bertz CT molecular complexity index is 1030. The Balaban J connectivity index is 1.43. The van der Waals surface area contributed by atoms with Crippen LogP contribution in [0.15, 0.2) is 61.1 Å². The van der Waals surface area contributed by atoms with Gasteiger partial charge in [0.1, 0.15) is 19.3 Å². The highest BCUT2D eigenvalue weighted by Crippen LogP contribution is 2.19. The van der Waals surface area contributed by atoms with Crippen LogP contribution in [0.5, 0.6) is 0 Å². The molecular formula is C20H16BClN4. The number of fused-ring (bicyclic) bond motifs is 1. The van der Waals surface area contributed by atoms with Crippen LogP contribution in [0.2, 0.25) is 5.02 Å². The molecule has 6 heteroatoms. The van der Waals surface area contributed by atoms with Crippen molar-refractivity contribution in [3.63, 3.8) is 0 Å². The molecule has 0 saturated heterocycles. The van der Waals surface area contributed by atoms with Crippen molar-refractivity contribution in [1.29, 1.82) is 0 Å². The number of pyridine rings is 2. The maximum Gasteiger partial charge on any atom is 0.137 e. The minimum Gasteiger partial charge on any atom is -0.366 e. The molecule has 0 bridgehead atoms. The molecule has 4 rings (SSSR count). The Morgan fingerprint density at radius 2 is 1.81 bits per heavy atom. The van der Waals surface area contributed by atoms with Crippen LogP contribution in [-0.4, -0.2) is 22.8 Å². The number of H-pyrrole nitrogens is 1. The molecule has 3 heterocycles. The van der Waals surface area contributed by atoms with Gasteiger partial charge in [-0.25, -0.2) is 9.97 Å². The molecule has 0 saturated carbocycles. The van der Waals surface area contributed by atoms with Crippen molar-refractivity contribution < 1.29 is 0 Å². The first-order chi connectivity index (χ1) is 12.7. The lowest BCUT2D eigenvalue weighted by Crippen LogP contribution is -2.02. The molecule has 0 unspecified atom stereocenters. The zero-order valence-corrected chi connectivity index (χ0v) is 14.8. The molecule has 1 aromatic carbocycles. The van der Waals surface area contributed by atoms with E-state index < -0.39 is 0 Å². The van der Waals surface area contributed by atoms with E-state index in [0.29, 0.717) is 12.0 Å². The number of benzene rings is 1. The zero-order chi connectivity index (χ0) is 17.9. The van der Waals surface area contributed by atoms with Crippen molar-refractivity contribution in [3.05, 3.63) is 82.8 Å². The monoisotopic (exact) mass is 358 g/mol. The van der Waals surface area contributed by atoms with Gasteiger partial charge in [0.2, 0.25) is 0 Å². The predicted octanol–water partition coefficient (Wildman–Crippen LogP) is 3.61. The predicted molar refractivity (Wildman–Crippen MR) is 107 cm³/mol. The summed E-state index contributed by atoms with van der Waals surface area (Å²) in [6.07, 6.45) is 6.30. The number of hydrogen-bond acceptors (Lipinski definition) is 3. The standard InChI is InChI=1S/C20H16BClN4/c21-16-8-18-15(11-25-20(18)26-12-16)7-14-3-6-19(24-10-14)23-9-13-1-4-17(22)5-2-13/h1-6,8,10-12H,7,9H2,(H,23,24)(H,25,26). The van der Waals surface area contributed by atoms with Crippen molar-refractivity contribution in [2.45, 2.75) is 13.0 Å². The quantitative estimate of drug-likeness (QED) is 0.536. The molecule has 0 spiro atoms. The first-order valence-electron chi connectivity index (χ1n) is 8.32. The van der Waals surface area contributed by atoms with Crippen LogP contribution in [0.4, 0.5) is 5.82 Å². The number of anilines is 1. The second kappa shape index (κ2) is 7.22. The third kappa shape index (κ3) is 3.73. The van der Waals surface area contributed by atoms with Crippen LogP contribution in [0.1, 0.15) is 16.7 Å². The molecular weight excluding hydrogens is 343 g/mol. The zero-order valence-electron chi connectivity index (χ0n) is 14.0. The number of nitrogens with one attached hydrogen (secondary N) is 2. The van der Waals surface area contributed by atoms with Crippen LogP contribution < -0.4 is 10.8 Å². The van der Waals surface area contributed by atoms with Gasteiger partial charge in [-0.05, 0) is 34.9 Å². The fourth-order valence-corrected chi connectivity index (χ4v) is 2.99. The van der Waals surface area contributed by atoms with Gasteiger partial charge in [-0.1, -0.05) is 41.3 Å². The van der Waals surface area contributed by atoms with E-state index in [-0.39, 0.29) is 0 Å². The molecule has 4 nitrogen and oxygen atoms in total. The maximum absolute atomic E-state index is 5.90. The lowest BCUT2D eigenvalue weighted by molar-refractivity contribution is 1.09. The van der Waals surface area contributed by atoms with E-state index in [1.54, 1.807) is 6.20 Å². The highest BCUT2D eigenvalue weighted by molar-refractivity contribution is 6.32. The van der Waals surface area contributed by atoms with E-state index in [1.807, 2.05) is 48.8 Å². The number of aromatic amines is 1. The number of halogens is 1. The summed E-state index contributed by atoms with van der Waals surface area (Å²) >= 11 is 5.90. The summed E-state index contributed by atoms with van der Waals surface area (Å²) in [6, 6.07) is 13.8. The molecule has 0 aliphatic rings. The Labute approximate surface area is 158 Å². The second-order valence-corrected chi connectivity index (χ2v) is 6.62. The van der Waals surface area contributed by atoms with Crippen molar-refractivity contribution in [2.75, 3.05) is 5.32 Å². The van der Waals surface area contributed by atoms with E-state index in [2.05, 4.69) is 26.3 Å². The second-order valence-electron chi connectivity index (χ2n) is 6.19. The third-order valence-corrected chi connectivity index (χ3v) is 4.50. The van der Waals surface area contributed by atoms with Gasteiger partial charge < -0.3 is 10.3 Å². The molecule has 26 heavy (non-hydrogen) atoms. The van der Waals surface area contributed by atoms with Crippen LogP contribution in [0.25, 0.3) is 11.0 Å². The minimum absolute atomic E-state index is 0.665. The largest absolute Gasteiger partial charge is 0.366 e. The average molecular weight is 359 g/mol. The van der Waals surface area contributed by atoms with Crippen molar-refractivity contribution >= 4 is 41.8 Å². The summed E-state index contributed by atoms with van der Waals surface area (Å²) in [7, 11) is 5.85. The van der Waals surface area contributed by atoms with Crippen LogP contribution in [-0.2, 0) is 13.0 Å². The third-order valence-electron chi connectivity index (χ3n) is 4.24. The topological polar surface area (TPSA) is 53.6 Å². The van der Waals surface area contributed by atoms with Crippen molar-refractivity contribution in [1.82, 2.24) is 15.0 Å². The summed E-state index contributed by atoms with van der Waals surface area (Å²) < 4.78 is 0. The van der Waals surface area contributed by atoms with E-state index in [1.165, 1.54) is 0 Å². The van der Waals surface area contributed by atoms with Gasteiger partial charge in [0.05, 0.1) is 0 Å². The van der Waals surface area contributed by atoms with Crippen molar-refractivity contribution in [3.8, 4) is 0 Å². The van der Waals surface area contributed by atoms with Gasteiger partial charge in [0.15, 0.2) is 0 Å². The first-order valence-corrected chi connectivity index (χ1v) is 8.70. The normalized spacial score (nSPS) is 11.0. The minimum atomic E-state index is 0.665. The Hall–Kier alpha value is -2.79. The lowest BCUT2D eigenvalue weighted by atomic mass is 9.96. The maximum atomic E-state index is 5.90. The smallest absolute Gasteiger partial charge is 0.137 e. The molecule has 0 amide bonds. The molecule has 2 radical (unpaired) electrons. The molecule has 3 aromatic heterocycles. The fourth-order valence-electron chi connectivity index (χ4n) is 2.87. The highest BCUT2D eigenvalue weighted by atomic mass is 35.5. The number of rotatable bonds is 5. The van der Waals surface area contributed by atoms with E-state index in [4.69, 9.17) is 19.4 Å². The summed E-state index contributed by atoms with van der Waals surface area (Å²) in [6.45, 7) is 0.705. The Morgan fingerprint density at radius 1 is 1.00 bits per heavy atom. The number of hydrogen-bond donors (Lipinski definition) is 2. The van der Waals surface area contributed by atoms with Crippen molar-refractivity contribution in [2.24, 2.45) is 0 Å². The Morgan fingerprint density at radius 3 is 2.58 bits per heavy atom. The summed E-state index contributed by atoms with van der Waals surface area (Å²) in [5, 5.41) is 5.11. The molecule has 0 atom stereocenters. The number of aromatic nitrogens is 3. The summed E-state index contributed by atoms with van der Waals surface area (Å²) in [5.41, 5.74) is 4.96. The number of nitrogens with zero attached hydrogens (tertiary/aromatic N) is 2. The molecule has 0 aliphatic heterocycles. The average Bonchev–Trinajstić information content (AvgIpc) is 3.04. The molecule has 0 aliphatic carbocycles. The van der Waals surface area contributed by atoms with Gasteiger partial charge in [0, 0.05) is 42.0 Å². The van der Waals surface area contributed by atoms with Crippen LogP contribution in [0.3, 0.4) is 0 Å².